The molecule has 120 valence electrons. The molecule has 1 aromatic heterocycles. The van der Waals surface area contributed by atoms with Crippen LogP contribution in [0.4, 0.5) is 4.79 Å². The minimum absolute atomic E-state index is 0.185. The summed E-state index contributed by atoms with van der Waals surface area (Å²) in [5.74, 6) is 0.218. The number of urea groups is 1. The number of hydrogen-bond acceptors (Lipinski definition) is 4. The molecule has 0 aliphatic heterocycles. The first kappa shape index (κ1) is 17.9. The Morgan fingerprint density at radius 1 is 1.33 bits per heavy atom. The average Bonchev–Trinajstić information content (AvgIpc) is 2.78. The van der Waals surface area contributed by atoms with Crippen LogP contribution in [-0.4, -0.2) is 35.3 Å². The quantitative estimate of drug-likeness (QED) is 0.689. The fourth-order valence-electron chi connectivity index (χ4n) is 1.94. The summed E-state index contributed by atoms with van der Waals surface area (Å²) in [4.78, 5) is 17.4. The smallest absolute Gasteiger partial charge is 0.314 e. The molecule has 0 fully saturated rings. The molecule has 3 N–H and O–H groups in total. The maximum absolute atomic E-state index is 11.6. The Labute approximate surface area is 131 Å². The molecular weight excluding hydrogens is 286 g/mol. The molecule has 1 aromatic rings. The van der Waals surface area contributed by atoms with E-state index in [2.05, 4.69) is 29.5 Å². The van der Waals surface area contributed by atoms with Crippen molar-refractivity contribution >= 4 is 17.4 Å². The van der Waals surface area contributed by atoms with Gasteiger partial charge in [0.05, 0.1) is 16.8 Å². The first-order chi connectivity index (χ1) is 9.93. The van der Waals surface area contributed by atoms with E-state index in [4.69, 9.17) is 0 Å². The van der Waals surface area contributed by atoms with Gasteiger partial charge in [-0.1, -0.05) is 20.8 Å². The molecule has 2 amide bonds. The Hall–Kier alpha value is -1.14. The zero-order chi connectivity index (χ0) is 15.8. The predicted octanol–water partition coefficient (Wildman–Crippen LogP) is 2.26. The van der Waals surface area contributed by atoms with E-state index in [-0.39, 0.29) is 18.1 Å². The maximum Gasteiger partial charge on any atom is 0.314 e. The van der Waals surface area contributed by atoms with Crippen LogP contribution < -0.4 is 10.6 Å². The van der Waals surface area contributed by atoms with Crippen molar-refractivity contribution in [3.63, 3.8) is 0 Å². The topological polar surface area (TPSA) is 74.2 Å². The highest BCUT2D eigenvalue weighted by molar-refractivity contribution is 7.11. The lowest BCUT2D eigenvalue weighted by Crippen LogP contribution is -2.38. The summed E-state index contributed by atoms with van der Waals surface area (Å²) >= 11 is 1.70. The monoisotopic (exact) mass is 313 g/mol. The molecule has 0 spiro atoms. The van der Waals surface area contributed by atoms with Gasteiger partial charge in [0, 0.05) is 24.4 Å². The van der Waals surface area contributed by atoms with Gasteiger partial charge in [-0.3, -0.25) is 0 Å². The molecule has 6 heteroatoms. The van der Waals surface area contributed by atoms with Crippen molar-refractivity contribution in [1.29, 1.82) is 0 Å². The second kappa shape index (κ2) is 9.00. The molecule has 21 heavy (non-hydrogen) atoms. The van der Waals surface area contributed by atoms with Crippen LogP contribution in [0, 0.1) is 12.8 Å². The molecule has 0 saturated heterocycles. The van der Waals surface area contributed by atoms with Crippen molar-refractivity contribution in [2.24, 2.45) is 5.92 Å². The number of aryl methyl sites for hydroxylation is 2. The van der Waals surface area contributed by atoms with Crippen LogP contribution in [0.2, 0.25) is 0 Å². The van der Waals surface area contributed by atoms with Crippen molar-refractivity contribution in [3.8, 4) is 0 Å². The second-order valence-corrected chi connectivity index (χ2v) is 6.78. The molecule has 0 saturated carbocycles. The number of carbonyl (C=O) groups excluding carboxylic acids is 1. The van der Waals surface area contributed by atoms with Crippen LogP contribution in [0.5, 0.6) is 0 Å². The molecule has 0 aliphatic rings. The highest BCUT2D eigenvalue weighted by Crippen LogP contribution is 2.17. The Balaban J connectivity index is 2.18. The van der Waals surface area contributed by atoms with Crippen LogP contribution >= 0.6 is 11.3 Å². The Morgan fingerprint density at radius 2 is 2.00 bits per heavy atom. The van der Waals surface area contributed by atoms with Gasteiger partial charge < -0.3 is 15.7 Å². The maximum atomic E-state index is 11.6. The minimum atomic E-state index is -0.365. The van der Waals surface area contributed by atoms with Gasteiger partial charge in [0.25, 0.3) is 0 Å². The summed E-state index contributed by atoms with van der Waals surface area (Å²) in [6.07, 6.45) is 1.93. The van der Waals surface area contributed by atoms with Gasteiger partial charge in [-0.25, -0.2) is 9.78 Å². The number of thiazole rings is 1. The number of rotatable bonds is 8. The van der Waals surface area contributed by atoms with Crippen molar-refractivity contribution in [1.82, 2.24) is 15.6 Å². The van der Waals surface area contributed by atoms with E-state index < -0.39 is 0 Å². The number of carbonyl (C=O) groups is 1. The normalized spacial score (nSPS) is 12.5. The van der Waals surface area contributed by atoms with Crippen molar-refractivity contribution < 1.29 is 9.90 Å². The predicted molar refractivity (Wildman–Crippen MR) is 86.8 cm³/mol. The van der Waals surface area contributed by atoms with Crippen LogP contribution in [0.25, 0.3) is 0 Å². The largest absolute Gasteiger partial charge is 0.393 e. The summed E-state index contributed by atoms with van der Waals surface area (Å²) < 4.78 is 0. The average molecular weight is 313 g/mol. The lowest BCUT2D eigenvalue weighted by Gasteiger charge is -2.14. The fraction of sp³-hybridized carbons (Fsp3) is 0.733. The summed E-state index contributed by atoms with van der Waals surface area (Å²) in [7, 11) is 0. The molecule has 1 heterocycles. The van der Waals surface area contributed by atoms with E-state index in [9.17, 15) is 9.90 Å². The van der Waals surface area contributed by atoms with Gasteiger partial charge in [-0.15, -0.1) is 11.3 Å². The third kappa shape index (κ3) is 6.44. The highest BCUT2D eigenvalue weighted by Gasteiger charge is 2.09. The second-order valence-electron chi connectivity index (χ2n) is 5.50. The van der Waals surface area contributed by atoms with Gasteiger partial charge in [0.1, 0.15) is 0 Å². The van der Waals surface area contributed by atoms with Crippen LogP contribution in [-0.2, 0) is 12.8 Å². The standard InChI is InChI=1S/C15H27N3O2S/c1-5-12-11(4)21-14(18-12)7-9-17-15(20)16-8-6-13(19)10(2)3/h10,13,19H,5-9H2,1-4H3,(H2,16,17,20). The van der Waals surface area contributed by atoms with E-state index in [1.807, 2.05) is 13.8 Å². The summed E-state index contributed by atoms with van der Waals surface area (Å²) in [5.41, 5.74) is 1.15. The molecule has 1 rings (SSSR count). The van der Waals surface area contributed by atoms with E-state index in [1.165, 1.54) is 4.88 Å². The molecule has 1 atom stereocenters. The zero-order valence-corrected chi connectivity index (χ0v) is 14.2. The first-order valence-corrected chi connectivity index (χ1v) is 8.40. The SMILES string of the molecule is CCc1nc(CCNC(=O)NCCC(O)C(C)C)sc1C. The van der Waals surface area contributed by atoms with Gasteiger partial charge in [0.2, 0.25) is 0 Å². The van der Waals surface area contributed by atoms with E-state index >= 15 is 0 Å². The van der Waals surface area contributed by atoms with E-state index in [1.54, 1.807) is 11.3 Å². The molecular formula is C15H27N3O2S. The minimum Gasteiger partial charge on any atom is -0.393 e. The number of aliphatic hydroxyl groups is 1. The van der Waals surface area contributed by atoms with Crippen LogP contribution in [0.3, 0.4) is 0 Å². The fourth-order valence-corrected chi connectivity index (χ4v) is 2.96. The Kier molecular flexibility index (Phi) is 7.67. The van der Waals surface area contributed by atoms with Gasteiger partial charge in [-0.05, 0) is 25.7 Å². The van der Waals surface area contributed by atoms with Crippen LogP contribution in [0.1, 0.15) is 42.8 Å². The third-order valence-electron chi connectivity index (χ3n) is 3.39. The molecule has 0 aliphatic carbocycles. The van der Waals surface area contributed by atoms with Gasteiger partial charge in [-0.2, -0.15) is 0 Å². The summed E-state index contributed by atoms with van der Waals surface area (Å²) in [5, 5.41) is 16.3. The molecule has 5 nitrogen and oxygen atoms in total. The lowest BCUT2D eigenvalue weighted by molar-refractivity contribution is 0.116. The molecule has 1 unspecified atom stereocenters. The van der Waals surface area contributed by atoms with Gasteiger partial charge >= 0.3 is 6.03 Å². The highest BCUT2D eigenvalue weighted by atomic mass is 32.1. The van der Waals surface area contributed by atoms with Gasteiger partial charge in [0.15, 0.2) is 0 Å². The Bertz CT molecular complexity index is 446. The molecule has 0 aromatic carbocycles. The van der Waals surface area contributed by atoms with E-state index in [0.717, 1.165) is 23.5 Å². The molecule has 0 bridgehead atoms. The number of nitrogens with zero attached hydrogens (tertiary/aromatic N) is 1. The number of aliphatic hydroxyl groups excluding tert-OH is 1. The first-order valence-electron chi connectivity index (χ1n) is 7.59. The third-order valence-corrected chi connectivity index (χ3v) is 4.46. The van der Waals surface area contributed by atoms with Crippen molar-refractivity contribution in [2.45, 2.75) is 53.1 Å². The number of nitrogens with one attached hydrogen (secondary N) is 2. The number of hydrogen-bond donors (Lipinski definition) is 3. The van der Waals surface area contributed by atoms with Crippen LogP contribution in [0.15, 0.2) is 0 Å². The van der Waals surface area contributed by atoms with Crippen molar-refractivity contribution in [3.05, 3.63) is 15.6 Å². The van der Waals surface area contributed by atoms with Crippen molar-refractivity contribution in [2.75, 3.05) is 13.1 Å². The summed E-state index contributed by atoms with van der Waals surface area (Å²) in [6, 6.07) is -0.185. The number of amides is 2. The zero-order valence-electron chi connectivity index (χ0n) is 13.4. The molecule has 0 radical (unpaired) electrons. The van der Waals surface area contributed by atoms with E-state index in [0.29, 0.717) is 19.5 Å². The lowest BCUT2D eigenvalue weighted by atomic mass is 10.0. The Morgan fingerprint density at radius 3 is 2.57 bits per heavy atom. The number of aromatic nitrogens is 1. The summed E-state index contributed by atoms with van der Waals surface area (Å²) in [6.45, 7) is 9.18.